The number of para-hydroxylation sites is 1. The van der Waals surface area contributed by atoms with Gasteiger partial charge in [-0.1, -0.05) is 35.3 Å². The minimum atomic E-state index is -0.937. The summed E-state index contributed by atoms with van der Waals surface area (Å²) in [5.41, 5.74) is -1.19. The van der Waals surface area contributed by atoms with E-state index in [-0.39, 0.29) is 32.7 Å². The summed E-state index contributed by atoms with van der Waals surface area (Å²) in [5.74, 6) is -0.937. The highest BCUT2D eigenvalue weighted by Crippen LogP contribution is 2.35. The minimum Gasteiger partial charge on any atom is -0.319 e. The molecule has 136 valence electrons. The topological polar surface area (TPSA) is 139 Å². The van der Waals surface area contributed by atoms with Crippen LogP contribution in [0, 0.1) is 31.6 Å². The number of nitro benzene ring substituents is 2. The van der Waals surface area contributed by atoms with Crippen LogP contribution in [0.3, 0.4) is 0 Å². The third-order valence-corrected chi connectivity index (χ3v) is 3.87. The van der Waals surface area contributed by atoms with Crippen molar-refractivity contribution in [1.29, 1.82) is 5.26 Å². The third kappa shape index (κ3) is 4.58. The van der Waals surface area contributed by atoms with Crippen molar-refractivity contribution >= 4 is 52.2 Å². The number of rotatable bonds is 5. The molecule has 27 heavy (non-hydrogen) atoms. The highest BCUT2D eigenvalue weighted by molar-refractivity contribution is 6.40. The van der Waals surface area contributed by atoms with E-state index < -0.39 is 21.3 Å². The quantitative estimate of drug-likeness (QED) is 0.338. The summed E-state index contributed by atoms with van der Waals surface area (Å²) in [7, 11) is 0. The summed E-state index contributed by atoms with van der Waals surface area (Å²) < 4.78 is 0. The molecule has 0 aromatic heterocycles. The standard InChI is InChI=1S/C16H8Cl2N4O5/c17-12-6-11(21(24)25)7-13(18)15(12)20-16(23)10(8-19)5-9-3-1-2-4-14(9)22(26)27/h1-7H,(H,20,23)/b10-5+. The first-order valence-electron chi connectivity index (χ1n) is 7.04. The molecule has 11 heteroatoms. The molecule has 0 aliphatic rings. The van der Waals surface area contributed by atoms with Gasteiger partial charge in [-0.2, -0.15) is 5.26 Å². The zero-order valence-electron chi connectivity index (χ0n) is 13.2. The molecular formula is C16H8Cl2N4O5. The number of benzene rings is 2. The lowest BCUT2D eigenvalue weighted by Crippen LogP contribution is -2.14. The average Bonchev–Trinajstić information content (AvgIpc) is 2.62. The Balaban J connectivity index is 2.39. The third-order valence-electron chi connectivity index (χ3n) is 3.27. The predicted molar refractivity (Wildman–Crippen MR) is 98.4 cm³/mol. The number of anilines is 1. The summed E-state index contributed by atoms with van der Waals surface area (Å²) in [6.45, 7) is 0. The highest BCUT2D eigenvalue weighted by Gasteiger charge is 2.19. The van der Waals surface area contributed by atoms with Crippen LogP contribution in [0.5, 0.6) is 0 Å². The van der Waals surface area contributed by atoms with Crippen molar-refractivity contribution in [2.75, 3.05) is 5.32 Å². The smallest absolute Gasteiger partial charge is 0.276 e. The van der Waals surface area contributed by atoms with Crippen LogP contribution in [0.15, 0.2) is 42.0 Å². The van der Waals surface area contributed by atoms with E-state index in [1.165, 1.54) is 24.3 Å². The van der Waals surface area contributed by atoms with Crippen molar-refractivity contribution in [3.63, 3.8) is 0 Å². The molecular weight excluding hydrogens is 399 g/mol. The van der Waals surface area contributed by atoms with Crippen LogP contribution >= 0.6 is 23.2 Å². The summed E-state index contributed by atoms with van der Waals surface area (Å²) in [5, 5.41) is 32.9. The SMILES string of the molecule is N#C/C(=C\c1ccccc1[N+](=O)[O-])C(=O)Nc1c(Cl)cc([N+](=O)[O-])cc1Cl. The van der Waals surface area contributed by atoms with Crippen molar-refractivity contribution in [3.8, 4) is 6.07 Å². The molecule has 0 saturated carbocycles. The van der Waals surface area contributed by atoms with Crippen molar-refractivity contribution in [1.82, 2.24) is 0 Å². The number of halogens is 2. The molecule has 2 aromatic carbocycles. The lowest BCUT2D eigenvalue weighted by Gasteiger charge is -2.09. The van der Waals surface area contributed by atoms with Gasteiger partial charge in [-0.15, -0.1) is 0 Å². The minimum absolute atomic E-state index is 0.0510. The molecule has 9 nitrogen and oxygen atoms in total. The zero-order valence-corrected chi connectivity index (χ0v) is 14.7. The zero-order chi connectivity index (χ0) is 20.1. The number of hydrogen-bond acceptors (Lipinski definition) is 6. The predicted octanol–water partition coefficient (Wildman–Crippen LogP) is 4.36. The highest BCUT2D eigenvalue weighted by atomic mass is 35.5. The van der Waals surface area contributed by atoms with Crippen molar-refractivity contribution in [2.24, 2.45) is 0 Å². The molecule has 0 fully saturated rings. The molecule has 0 aliphatic carbocycles. The normalized spacial score (nSPS) is 10.8. The Kier molecular flexibility index (Phi) is 6.07. The fourth-order valence-electron chi connectivity index (χ4n) is 2.05. The van der Waals surface area contributed by atoms with Gasteiger partial charge in [0.25, 0.3) is 17.3 Å². The first-order chi connectivity index (χ1) is 12.7. The summed E-state index contributed by atoms with van der Waals surface area (Å²) in [4.78, 5) is 32.8. The average molecular weight is 407 g/mol. The second-order valence-electron chi connectivity index (χ2n) is 4.98. The number of nitrogens with zero attached hydrogens (tertiary/aromatic N) is 3. The van der Waals surface area contributed by atoms with Crippen LogP contribution < -0.4 is 5.32 Å². The maximum atomic E-state index is 12.3. The molecule has 1 amide bonds. The van der Waals surface area contributed by atoms with Crippen molar-refractivity contribution in [2.45, 2.75) is 0 Å². The number of nitro groups is 2. The molecule has 2 aromatic rings. The fourth-order valence-corrected chi connectivity index (χ4v) is 2.62. The van der Waals surface area contributed by atoms with E-state index in [4.69, 9.17) is 23.2 Å². The van der Waals surface area contributed by atoms with E-state index in [9.17, 15) is 30.3 Å². The number of carbonyl (C=O) groups excluding carboxylic acids is 1. The number of hydrogen-bond donors (Lipinski definition) is 1. The maximum absolute atomic E-state index is 12.3. The Morgan fingerprint density at radius 2 is 1.70 bits per heavy atom. The molecule has 2 rings (SSSR count). The second-order valence-corrected chi connectivity index (χ2v) is 5.80. The van der Waals surface area contributed by atoms with E-state index in [1.54, 1.807) is 6.07 Å². The Bertz CT molecular complexity index is 1010. The Morgan fingerprint density at radius 1 is 1.11 bits per heavy atom. The molecule has 0 atom stereocenters. The molecule has 1 N–H and O–H groups in total. The summed E-state index contributed by atoms with van der Waals surface area (Å²) in [6, 6.07) is 9.16. The summed E-state index contributed by atoms with van der Waals surface area (Å²) >= 11 is 11.8. The van der Waals surface area contributed by atoms with Crippen LogP contribution in [-0.2, 0) is 4.79 Å². The van der Waals surface area contributed by atoms with Gasteiger partial charge >= 0.3 is 0 Å². The van der Waals surface area contributed by atoms with E-state index in [2.05, 4.69) is 5.32 Å². The monoisotopic (exact) mass is 406 g/mol. The van der Waals surface area contributed by atoms with Gasteiger partial charge in [-0.05, 0) is 12.1 Å². The molecule has 0 radical (unpaired) electrons. The second kappa shape index (κ2) is 8.27. The molecule has 0 spiro atoms. The van der Waals surface area contributed by atoms with Crippen LogP contribution in [0.4, 0.5) is 17.1 Å². The number of amides is 1. The first kappa shape index (κ1) is 19.8. The maximum Gasteiger partial charge on any atom is 0.276 e. The van der Waals surface area contributed by atoms with Crippen molar-refractivity contribution < 1.29 is 14.6 Å². The van der Waals surface area contributed by atoms with Gasteiger partial charge in [-0.25, -0.2) is 0 Å². The Labute approximate surface area is 161 Å². The number of nitriles is 1. The fraction of sp³-hybridized carbons (Fsp3) is 0. The van der Waals surface area contributed by atoms with Gasteiger partial charge in [0.15, 0.2) is 0 Å². The molecule has 0 aliphatic heterocycles. The van der Waals surface area contributed by atoms with E-state index in [0.717, 1.165) is 18.2 Å². The van der Waals surface area contributed by atoms with Gasteiger partial charge in [-0.3, -0.25) is 25.0 Å². The van der Waals surface area contributed by atoms with Gasteiger partial charge in [0, 0.05) is 18.2 Å². The number of carbonyl (C=O) groups is 1. The van der Waals surface area contributed by atoms with E-state index in [0.29, 0.717) is 0 Å². The lowest BCUT2D eigenvalue weighted by molar-refractivity contribution is -0.385. The van der Waals surface area contributed by atoms with Crippen LogP contribution in [-0.4, -0.2) is 15.8 Å². The number of nitrogens with one attached hydrogen (secondary N) is 1. The number of non-ortho nitro benzene ring substituents is 1. The van der Waals surface area contributed by atoms with Gasteiger partial charge in [0.2, 0.25) is 0 Å². The molecule has 0 bridgehead atoms. The van der Waals surface area contributed by atoms with Crippen molar-refractivity contribution in [3.05, 3.63) is 77.8 Å². The van der Waals surface area contributed by atoms with E-state index in [1.807, 2.05) is 0 Å². The molecule has 0 saturated heterocycles. The van der Waals surface area contributed by atoms with Gasteiger partial charge in [0.05, 0.1) is 31.1 Å². The molecule has 0 heterocycles. The summed E-state index contributed by atoms with van der Waals surface area (Å²) in [6.07, 6.45) is 1.04. The van der Waals surface area contributed by atoms with Gasteiger partial charge < -0.3 is 5.32 Å². The van der Waals surface area contributed by atoms with Crippen LogP contribution in [0.25, 0.3) is 6.08 Å². The van der Waals surface area contributed by atoms with Crippen LogP contribution in [0.1, 0.15) is 5.56 Å². The first-order valence-corrected chi connectivity index (χ1v) is 7.80. The largest absolute Gasteiger partial charge is 0.319 e. The van der Waals surface area contributed by atoms with E-state index >= 15 is 0 Å². The molecule has 0 unspecified atom stereocenters. The lowest BCUT2D eigenvalue weighted by atomic mass is 10.1. The van der Waals surface area contributed by atoms with Crippen LogP contribution in [0.2, 0.25) is 10.0 Å². The van der Waals surface area contributed by atoms with Gasteiger partial charge in [0.1, 0.15) is 11.6 Å². The Hall–Kier alpha value is -3.48. The Morgan fingerprint density at radius 3 is 2.22 bits per heavy atom.